The Labute approximate surface area is 244 Å². The van der Waals surface area contributed by atoms with E-state index < -0.39 is 29.0 Å². The predicted molar refractivity (Wildman–Crippen MR) is 152 cm³/mol. The topological polar surface area (TPSA) is 102 Å². The number of alkyl halides is 3. The van der Waals surface area contributed by atoms with Gasteiger partial charge in [-0.25, -0.2) is 19.3 Å². The van der Waals surface area contributed by atoms with Crippen molar-refractivity contribution in [3.8, 4) is 28.6 Å². The minimum absolute atomic E-state index is 0.0206. The Morgan fingerprint density at radius 3 is 2.67 bits per heavy atom. The van der Waals surface area contributed by atoms with Crippen LogP contribution >= 0.6 is 0 Å². The number of hydrogen-bond acceptors (Lipinski definition) is 8. The molecule has 4 aromatic rings. The van der Waals surface area contributed by atoms with Gasteiger partial charge in [0.05, 0.1) is 22.4 Å². The van der Waals surface area contributed by atoms with E-state index in [9.17, 15) is 18.0 Å². The van der Waals surface area contributed by atoms with Crippen molar-refractivity contribution in [3.05, 3.63) is 83.9 Å². The number of rotatable bonds is 9. The van der Waals surface area contributed by atoms with Gasteiger partial charge in [0.1, 0.15) is 12.4 Å². The van der Waals surface area contributed by atoms with Gasteiger partial charge in [-0.3, -0.25) is 4.79 Å². The van der Waals surface area contributed by atoms with Crippen LogP contribution in [-0.2, 0) is 6.18 Å². The summed E-state index contributed by atoms with van der Waals surface area (Å²) in [7, 11) is 3.59. The first kappa shape index (κ1) is 29.7. The van der Waals surface area contributed by atoms with Crippen molar-refractivity contribution in [2.24, 2.45) is 0 Å². The Morgan fingerprint density at radius 1 is 1.09 bits per heavy atom. The van der Waals surface area contributed by atoms with Crippen molar-refractivity contribution in [1.29, 1.82) is 0 Å². The number of amides is 1. The first-order valence-electron chi connectivity index (χ1n) is 13.4. The molecule has 43 heavy (non-hydrogen) atoms. The molecule has 2 N–H and O–H groups in total. The molecule has 1 aliphatic rings. The highest BCUT2D eigenvalue weighted by atomic mass is 19.4. The molecule has 2 aromatic carbocycles. The van der Waals surface area contributed by atoms with E-state index in [1.807, 2.05) is 7.05 Å². The smallest absolute Gasteiger partial charge is 0.416 e. The first-order chi connectivity index (χ1) is 20.6. The summed E-state index contributed by atoms with van der Waals surface area (Å²) < 4.78 is 68.0. The van der Waals surface area contributed by atoms with Gasteiger partial charge in [-0.05, 0) is 68.9 Å². The molecular formula is C30H28F4N6O3. The summed E-state index contributed by atoms with van der Waals surface area (Å²) in [4.78, 5) is 27.8. The van der Waals surface area contributed by atoms with E-state index in [-0.39, 0.29) is 35.7 Å². The van der Waals surface area contributed by atoms with Gasteiger partial charge in [0.25, 0.3) is 5.91 Å². The van der Waals surface area contributed by atoms with Gasteiger partial charge in [-0.1, -0.05) is 6.07 Å². The maximum Gasteiger partial charge on any atom is 0.416 e. The number of carbonyl (C=O) groups is 1. The maximum absolute atomic E-state index is 15.6. The van der Waals surface area contributed by atoms with E-state index >= 15 is 4.39 Å². The van der Waals surface area contributed by atoms with Crippen molar-refractivity contribution in [2.45, 2.75) is 25.1 Å². The van der Waals surface area contributed by atoms with Crippen LogP contribution in [0.2, 0.25) is 0 Å². The van der Waals surface area contributed by atoms with Crippen LogP contribution in [0.1, 0.15) is 28.8 Å². The number of benzene rings is 2. The summed E-state index contributed by atoms with van der Waals surface area (Å²) in [6, 6.07) is 11.8. The Morgan fingerprint density at radius 2 is 1.93 bits per heavy atom. The van der Waals surface area contributed by atoms with Gasteiger partial charge >= 0.3 is 6.18 Å². The van der Waals surface area contributed by atoms with E-state index in [0.717, 1.165) is 31.5 Å². The SMILES string of the molecule is CNc1nccc(-c2cccnc2Oc2cccc(C(=O)Nc3cc(OC[C@@H]4CCCN4C)cc(C(F)(F)F)c3)c2F)n1. The second-order valence-corrected chi connectivity index (χ2v) is 9.88. The Bertz CT molecular complexity index is 1620. The average molecular weight is 597 g/mol. The number of halogens is 4. The zero-order valence-electron chi connectivity index (χ0n) is 23.3. The molecule has 5 rings (SSSR count). The van der Waals surface area contributed by atoms with Crippen molar-refractivity contribution >= 4 is 17.5 Å². The number of ether oxygens (including phenoxy) is 2. The molecule has 224 valence electrons. The third-order valence-corrected chi connectivity index (χ3v) is 6.95. The summed E-state index contributed by atoms with van der Waals surface area (Å²) >= 11 is 0. The van der Waals surface area contributed by atoms with E-state index in [2.05, 4.69) is 30.5 Å². The second-order valence-electron chi connectivity index (χ2n) is 9.88. The molecule has 0 saturated carbocycles. The fraction of sp³-hybridized carbons (Fsp3) is 0.267. The van der Waals surface area contributed by atoms with Crippen LogP contribution in [0.3, 0.4) is 0 Å². The third-order valence-electron chi connectivity index (χ3n) is 6.95. The lowest BCUT2D eigenvalue weighted by molar-refractivity contribution is -0.137. The van der Waals surface area contributed by atoms with Gasteiger partial charge in [0.2, 0.25) is 11.8 Å². The number of pyridine rings is 1. The monoisotopic (exact) mass is 596 g/mol. The summed E-state index contributed by atoms with van der Waals surface area (Å²) in [6.45, 7) is 1.08. The Balaban J connectivity index is 1.38. The van der Waals surface area contributed by atoms with E-state index in [4.69, 9.17) is 9.47 Å². The van der Waals surface area contributed by atoms with E-state index in [1.54, 1.807) is 25.2 Å². The summed E-state index contributed by atoms with van der Waals surface area (Å²) in [6.07, 6.45) is 0.133. The number of hydrogen-bond donors (Lipinski definition) is 2. The average Bonchev–Trinajstić information content (AvgIpc) is 3.41. The number of aromatic nitrogens is 3. The molecule has 0 bridgehead atoms. The van der Waals surface area contributed by atoms with E-state index in [1.165, 1.54) is 36.7 Å². The van der Waals surface area contributed by atoms with Crippen molar-refractivity contribution < 1.29 is 31.8 Å². The van der Waals surface area contributed by atoms with Crippen LogP contribution in [-0.4, -0.2) is 59.0 Å². The zero-order chi connectivity index (χ0) is 30.6. The number of likely N-dealkylation sites (tertiary alicyclic amines) is 1. The Hall–Kier alpha value is -4.78. The van der Waals surface area contributed by atoms with Gasteiger partial charge in [0.15, 0.2) is 11.6 Å². The van der Waals surface area contributed by atoms with Crippen LogP contribution in [0, 0.1) is 5.82 Å². The predicted octanol–water partition coefficient (Wildman–Crippen LogP) is 6.26. The Kier molecular flexibility index (Phi) is 8.71. The number of carbonyl (C=O) groups excluding carboxylic acids is 1. The lowest BCUT2D eigenvalue weighted by Gasteiger charge is -2.20. The lowest BCUT2D eigenvalue weighted by Crippen LogP contribution is -2.30. The molecule has 1 amide bonds. The zero-order valence-corrected chi connectivity index (χ0v) is 23.3. The van der Waals surface area contributed by atoms with Crippen molar-refractivity contribution in [1.82, 2.24) is 19.9 Å². The highest BCUT2D eigenvalue weighted by molar-refractivity contribution is 6.04. The minimum atomic E-state index is -4.69. The number of nitrogens with one attached hydrogen (secondary N) is 2. The van der Waals surface area contributed by atoms with Crippen LogP contribution in [0.4, 0.5) is 29.2 Å². The van der Waals surface area contributed by atoms with Crippen LogP contribution < -0.4 is 20.1 Å². The number of likely N-dealkylation sites (N-methyl/N-ethyl adjacent to an activating group) is 1. The molecule has 0 radical (unpaired) electrons. The largest absolute Gasteiger partial charge is 0.492 e. The molecule has 9 nitrogen and oxygen atoms in total. The molecule has 2 aromatic heterocycles. The molecule has 1 fully saturated rings. The molecular weight excluding hydrogens is 568 g/mol. The van der Waals surface area contributed by atoms with Crippen LogP contribution in [0.25, 0.3) is 11.3 Å². The quantitative estimate of drug-likeness (QED) is 0.219. The highest BCUT2D eigenvalue weighted by Gasteiger charge is 2.32. The molecule has 3 heterocycles. The molecule has 1 aliphatic heterocycles. The number of nitrogens with zero attached hydrogens (tertiary/aromatic N) is 4. The van der Waals surface area contributed by atoms with Crippen molar-refractivity contribution in [2.75, 3.05) is 37.9 Å². The van der Waals surface area contributed by atoms with Crippen LogP contribution in [0.15, 0.2) is 67.0 Å². The molecule has 0 aliphatic carbocycles. The van der Waals surface area contributed by atoms with E-state index in [0.29, 0.717) is 17.2 Å². The fourth-order valence-electron chi connectivity index (χ4n) is 4.66. The maximum atomic E-state index is 15.6. The van der Waals surface area contributed by atoms with Gasteiger partial charge in [0, 0.05) is 37.2 Å². The minimum Gasteiger partial charge on any atom is -0.492 e. The third kappa shape index (κ3) is 7.00. The second kappa shape index (κ2) is 12.6. The first-order valence-corrected chi connectivity index (χ1v) is 13.4. The summed E-state index contributed by atoms with van der Waals surface area (Å²) in [5, 5.41) is 5.20. The highest BCUT2D eigenvalue weighted by Crippen LogP contribution is 2.36. The molecule has 0 spiro atoms. The molecule has 1 saturated heterocycles. The molecule has 1 atom stereocenters. The van der Waals surface area contributed by atoms with Crippen molar-refractivity contribution in [3.63, 3.8) is 0 Å². The van der Waals surface area contributed by atoms with Gasteiger partial charge in [-0.15, -0.1) is 0 Å². The summed E-state index contributed by atoms with van der Waals surface area (Å²) in [5.41, 5.74) is -0.750. The van der Waals surface area contributed by atoms with Crippen LogP contribution in [0.5, 0.6) is 17.4 Å². The molecule has 13 heteroatoms. The number of anilines is 2. The molecule has 0 unspecified atom stereocenters. The van der Waals surface area contributed by atoms with Gasteiger partial charge in [-0.2, -0.15) is 13.2 Å². The lowest BCUT2D eigenvalue weighted by atomic mass is 10.1. The fourth-order valence-corrected chi connectivity index (χ4v) is 4.66. The standard InChI is InChI=1S/C30H28F4N6O3/c1-35-29-37-12-10-24(39-29)22-8-4-11-36-28(22)43-25-9-3-7-23(26(25)31)27(41)38-19-14-18(30(32,33)34)15-21(16-19)42-17-20-6-5-13-40(20)2/h3-4,7-12,14-16,20H,5-6,13,17H2,1-2H3,(H,38,41)(H,35,37,39)/t20-/m0/s1. The summed E-state index contributed by atoms with van der Waals surface area (Å²) in [5.74, 6) is -2.00. The van der Waals surface area contributed by atoms with Gasteiger partial charge < -0.3 is 25.0 Å². The normalized spacial score (nSPS) is 15.3.